The van der Waals surface area contributed by atoms with Crippen LogP contribution in [0.1, 0.15) is 128 Å². The van der Waals surface area contributed by atoms with Crippen molar-refractivity contribution >= 4 is 110 Å². The molecule has 4 aromatic heterocycles. The van der Waals surface area contributed by atoms with E-state index in [0.29, 0.717) is 0 Å². The van der Waals surface area contributed by atoms with Crippen molar-refractivity contribution in [3.63, 3.8) is 0 Å². The molecule has 2 aliphatic heterocycles. The minimum absolute atomic E-state index is 0.0474. The molecular formula is C89H73BN4. The third kappa shape index (κ3) is 6.75. The van der Waals surface area contributed by atoms with Crippen LogP contribution in [-0.2, 0) is 27.1 Å². The second-order valence-electron chi connectivity index (χ2n) is 32.0. The summed E-state index contributed by atoms with van der Waals surface area (Å²) in [7, 11) is 0. The summed E-state index contributed by atoms with van der Waals surface area (Å²) in [4.78, 5) is 0. The van der Waals surface area contributed by atoms with E-state index in [-0.39, 0.29) is 28.4 Å². The topological polar surface area (TPSA) is 19.7 Å². The van der Waals surface area contributed by atoms with Crippen LogP contribution in [0.5, 0.6) is 0 Å². The normalized spacial score (nSPS) is 14.4. The van der Waals surface area contributed by atoms with Gasteiger partial charge in [-0.15, -0.1) is 0 Å². The highest BCUT2D eigenvalue weighted by atomic mass is 15.1. The van der Waals surface area contributed by atoms with Crippen LogP contribution in [0.15, 0.2) is 224 Å². The van der Waals surface area contributed by atoms with E-state index < -0.39 is 5.41 Å². The van der Waals surface area contributed by atoms with Gasteiger partial charge in [0.15, 0.2) is 0 Å². The second-order valence-corrected chi connectivity index (χ2v) is 32.0. The number of para-hydroxylation sites is 2. The van der Waals surface area contributed by atoms with Gasteiger partial charge in [0.05, 0.1) is 49.9 Å². The second kappa shape index (κ2) is 17.8. The molecular weight excluding hydrogens is 1140 g/mol. The number of fused-ring (bicyclic) bond motifs is 27. The average molecular weight is 1210 g/mol. The maximum absolute atomic E-state index is 2.71. The summed E-state index contributed by atoms with van der Waals surface area (Å²) < 4.78 is 10.8. The van der Waals surface area contributed by atoms with Gasteiger partial charge in [-0.2, -0.15) is 0 Å². The zero-order chi connectivity index (χ0) is 63.8. The Morgan fingerprint density at radius 3 is 1.14 bits per heavy atom. The zero-order valence-corrected chi connectivity index (χ0v) is 55.7. The molecule has 0 bridgehead atoms. The molecule has 2 aliphatic carbocycles. The van der Waals surface area contributed by atoms with Gasteiger partial charge in [-0.05, 0) is 166 Å². The third-order valence-electron chi connectivity index (χ3n) is 22.7. The molecule has 0 saturated heterocycles. The molecule has 0 N–H and O–H groups in total. The largest absolute Gasteiger partial charge is 0.310 e. The molecule has 1 spiro atoms. The number of benzene rings is 12. The van der Waals surface area contributed by atoms with E-state index in [2.05, 4.69) is 326 Å². The Labute approximate surface area is 549 Å². The summed E-state index contributed by atoms with van der Waals surface area (Å²) in [6, 6.07) is 88.5. The molecule has 0 saturated carbocycles. The lowest BCUT2D eigenvalue weighted by Gasteiger charge is -2.36. The highest BCUT2D eigenvalue weighted by Crippen LogP contribution is 2.64. The number of aromatic nitrogens is 4. The van der Waals surface area contributed by atoms with E-state index in [9.17, 15) is 0 Å². The predicted molar refractivity (Wildman–Crippen MR) is 400 cm³/mol. The Balaban J connectivity index is 0.974. The summed E-state index contributed by atoms with van der Waals surface area (Å²) >= 11 is 0. The van der Waals surface area contributed by atoms with Crippen LogP contribution in [0.2, 0.25) is 0 Å². The predicted octanol–water partition coefficient (Wildman–Crippen LogP) is 20.8. The molecule has 0 radical (unpaired) electrons. The van der Waals surface area contributed by atoms with Gasteiger partial charge in [-0.25, -0.2) is 0 Å². The van der Waals surface area contributed by atoms with Gasteiger partial charge in [0, 0.05) is 71.1 Å². The molecule has 452 valence electrons. The summed E-state index contributed by atoms with van der Waals surface area (Å²) in [6.07, 6.45) is 0. The van der Waals surface area contributed by atoms with Gasteiger partial charge in [-0.1, -0.05) is 241 Å². The van der Waals surface area contributed by atoms with Crippen molar-refractivity contribution in [3.8, 4) is 45.0 Å². The Morgan fingerprint density at radius 1 is 0.277 bits per heavy atom. The van der Waals surface area contributed by atoms with Crippen molar-refractivity contribution in [3.05, 3.63) is 269 Å². The lowest BCUT2D eigenvalue weighted by molar-refractivity contribution is 0.590. The van der Waals surface area contributed by atoms with E-state index in [1.54, 1.807) is 0 Å². The van der Waals surface area contributed by atoms with Crippen molar-refractivity contribution < 1.29 is 0 Å². The Morgan fingerprint density at radius 2 is 0.660 bits per heavy atom. The SMILES string of the molecule is CC(C)(C)c1ccc2c(c1)c1cc(C(C)(C)C)cc3c1n2-c1cc(-n2c4ccccc4c4ccc5c6ccccc6n(-c6cccc7c6C6(c8ccccc8-c8ccccc86)c6ccccc6-7)c5c42)cc2c1B3c1cc(C(C)(C)C)cc3c4cc(C(C)(C)C)ccc4n-2c13. The van der Waals surface area contributed by atoms with Crippen molar-refractivity contribution in [1.82, 2.24) is 18.3 Å². The minimum Gasteiger partial charge on any atom is -0.310 e. The Bertz CT molecular complexity index is 5910. The first-order valence-corrected chi connectivity index (χ1v) is 34.0. The highest BCUT2D eigenvalue weighted by molar-refractivity contribution is 7.00. The Hall–Kier alpha value is -10.1. The molecule has 0 amide bonds. The van der Waals surface area contributed by atoms with Crippen LogP contribution < -0.4 is 16.4 Å². The average Bonchev–Trinajstić information content (AvgIpc) is 1.61. The molecule has 12 aromatic carbocycles. The van der Waals surface area contributed by atoms with Crippen LogP contribution in [0.25, 0.3) is 132 Å². The van der Waals surface area contributed by atoms with E-state index in [0.717, 1.165) is 5.69 Å². The van der Waals surface area contributed by atoms with Crippen molar-refractivity contribution in [2.24, 2.45) is 0 Å². The van der Waals surface area contributed by atoms with Crippen molar-refractivity contribution in [2.45, 2.75) is 110 Å². The van der Waals surface area contributed by atoms with Crippen molar-refractivity contribution in [1.29, 1.82) is 0 Å². The fourth-order valence-corrected chi connectivity index (χ4v) is 18.3. The fourth-order valence-electron chi connectivity index (χ4n) is 18.3. The summed E-state index contributed by atoms with van der Waals surface area (Å²) in [5, 5.41) is 10.2. The van der Waals surface area contributed by atoms with E-state index >= 15 is 0 Å². The first-order chi connectivity index (χ1) is 45.2. The summed E-state index contributed by atoms with van der Waals surface area (Å²) in [5.41, 5.74) is 33.9. The molecule has 0 unspecified atom stereocenters. The first kappa shape index (κ1) is 54.5. The number of nitrogens with zero attached hydrogens (tertiary/aromatic N) is 4. The molecule has 4 aliphatic rings. The van der Waals surface area contributed by atoms with Crippen molar-refractivity contribution in [2.75, 3.05) is 0 Å². The van der Waals surface area contributed by atoms with E-state index in [1.807, 2.05) is 0 Å². The van der Waals surface area contributed by atoms with Gasteiger partial charge in [-0.3, -0.25) is 0 Å². The minimum atomic E-state index is -0.573. The molecule has 94 heavy (non-hydrogen) atoms. The quantitative estimate of drug-likeness (QED) is 0.154. The zero-order valence-electron chi connectivity index (χ0n) is 55.7. The number of hydrogen-bond acceptors (Lipinski definition) is 0. The summed E-state index contributed by atoms with van der Waals surface area (Å²) in [5.74, 6) is 0. The maximum Gasteiger partial charge on any atom is 0.252 e. The third-order valence-corrected chi connectivity index (χ3v) is 22.7. The van der Waals surface area contributed by atoms with Gasteiger partial charge < -0.3 is 18.3 Å². The standard InChI is InChI=1S/C89H73BN4/c1-85(2,3)50-36-40-74-63(42-50)65-44-52(87(7,8)9)46-70-81(65)93(74)77-48-54(49-78-80(77)90(70)71-47-53(88(10,11)12)45-66-64-43-51(86(4,5)6)37-41-75(64)94(78)82(66)71)91-72-33-21-16-27-58(72)61-38-39-62-59-28-17-22-34-73(59)92(84(62)83(61)91)76-35-23-29-60-57-26-15-20-32-69(57)89(79(60)76)67-30-18-13-24-55(67)56-25-14-19-31-68(56)89/h13-49H,1-12H3. The molecule has 0 atom stereocenters. The van der Waals surface area contributed by atoms with Crippen LogP contribution in [0.3, 0.4) is 0 Å². The van der Waals surface area contributed by atoms with Crippen LogP contribution in [0, 0.1) is 0 Å². The lowest BCUT2D eigenvalue weighted by atomic mass is 9.34. The van der Waals surface area contributed by atoms with Crippen LogP contribution in [-0.4, -0.2) is 25.0 Å². The molecule has 16 aromatic rings. The van der Waals surface area contributed by atoms with Crippen LogP contribution >= 0.6 is 0 Å². The molecule has 20 rings (SSSR count). The molecule has 4 nitrogen and oxygen atoms in total. The number of rotatable bonds is 2. The van der Waals surface area contributed by atoms with Gasteiger partial charge in [0.2, 0.25) is 0 Å². The van der Waals surface area contributed by atoms with Gasteiger partial charge in [0.1, 0.15) is 0 Å². The van der Waals surface area contributed by atoms with E-state index in [4.69, 9.17) is 0 Å². The molecule has 0 fully saturated rings. The number of hydrogen-bond donors (Lipinski definition) is 0. The highest BCUT2D eigenvalue weighted by Gasteiger charge is 2.53. The first-order valence-electron chi connectivity index (χ1n) is 34.0. The molecule has 6 heterocycles. The molecule has 5 heteroatoms. The fraction of sp³-hybridized carbons (Fsp3) is 0.191. The van der Waals surface area contributed by atoms with Gasteiger partial charge in [0.25, 0.3) is 6.71 Å². The monoisotopic (exact) mass is 1210 g/mol. The Kier molecular flexibility index (Phi) is 10.3. The smallest absolute Gasteiger partial charge is 0.252 e. The summed E-state index contributed by atoms with van der Waals surface area (Å²) in [6.45, 7) is 28.5. The van der Waals surface area contributed by atoms with Gasteiger partial charge >= 0.3 is 0 Å². The lowest BCUT2D eigenvalue weighted by Crippen LogP contribution is -2.59. The van der Waals surface area contributed by atoms with E-state index in [1.165, 1.54) is 187 Å². The van der Waals surface area contributed by atoms with Crippen LogP contribution in [0.4, 0.5) is 0 Å². The maximum atomic E-state index is 2.71.